The van der Waals surface area contributed by atoms with Crippen molar-refractivity contribution in [2.45, 2.75) is 6.18 Å². The fourth-order valence-electron chi connectivity index (χ4n) is 1.38. The maximum Gasteiger partial charge on any atom is 0.471 e. The standard InChI is InChI=1S/C11H8F3N3O/c12-11(13,14)10(18)16-8-3-1-2-7(6-8)9-4-5-15-17-9/h1-6H,(H,15,17)(H,16,18). The first kappa shape index (κ1) is 12.2. The molecule has 0 bridgehead atoms. The molecule has 1 aromatic carbocycles. The van der Waals surface area contributed by atoms with Crippen LogP contribution in [-0.4, -0.2) is 22.3 Å². The van der Waals surface area contributed by atoms with Crippen LogP contribution in [-0.2, 0) is 4.79 Å². The van der Waals surface area contributed by atoms with Gasteiger partial charge in [0, 0.05) is 17.4 Å². The Kier molecular flexibility index (Phi) is 3.05. The average molecular weight is 255 g/mol. The molecule has 4 nitrogen and oxygen atoms in total. The Hall–Kier alpha value is -2.31. The van der Waals surface area contributed by atoms with Gasteiger partial charge in [-0.2, -0.15) is 18.3 Å². The maximum atomic E-state index is 12.1. The van der Waals surface area contributed by atoms with Crippen molar-refractivity contribution in [1.82, 2.24) is 10.2 Å². The maximum absolute atomic E-state index is 12.1. The first-order valence-electron chi connectivity index (χ1n) is 4.95. The van der Waals surface area contributed by atoms with Gasteiger partial charge in [-0.3, -0.25) is 9.89 Å². The summed E-state index contributed by atoms with van der Waals surface area (Å²) in [6, 6.07) is 7.71. The van der Waals surface area contributed by atoms with Gasteiger partial charge in [0.15, 0.2) is 0 Å². The van der Waals surface area contributed by atoms with Gasteiger partial charge in [0.25, 0.3) is 0 Å². The number of carbonyl (C=O) groups is 1. The van der Waals surface area contributed by atoms with Gasteiger partial charge in [-0.1, -0.05) is 12.1 Å². The van der Waals surface area contributed by atoms with E-state index in [9.17, 15) is 18.0 Å². The molecule has 0 radical (unpaired) electrons. The number of benzene rings is 1. The van der Waals surface area contributed by atoms with E-state index < -0.39 is 12.1 Å². The summed E-state index contributed by atoms with van der Waals surface area (Å²) in [6.45, 7) is 0. The highest BCUT2D eigenvalue weighted by atomic mass is 19.4. The van der Waals surface area contributed by atoms with Crippen LogP contribution in [0.1, 0.15) is 0 Å². The molecule has 1 amide bonds. The third-order valence-corrected chi connectivity index (χ3v) is 2.19. The van der Waals surface area contributed by atoms with Crippen LogP contribution >= 0.6 is 0 Å². The predicted octanol–water partition coefficient (Wildman–Crippen LogP) is 2.58. The molecular weight excluding hydrogens is 247 g/mol. The Morgan fingerprint density at radius 1 is 1.28 bits per heavy atom. The molecule has 1 heterocycles. The fourth-order valence-corrected chi connectivity index (χ4v) is 1.38. The smallest absolute Gasteiger partial charge is 0.318 e. The number of aromatic amines is 1. The number of H-pyrrole nitrogens is 1. The summed E-state index contributed by atoms with van der Waals surface area (Å²) < 4.78 is 36.2. The Morgan fingerprint density at radius 3 is 2.67 bits per heavy atom. The van der Waals surface area contributed by atoms with E-state index in [1.807, 2.05) is 0 Å². The highest BCUT2D eigenvalue weighted by Gasteiger charge is 2.38. The van der Waals surface area contributed by atoms with E-state index in [4.69, 9.17) is 0 Å². The van der Waals surface area contributed by atoms with Gasteiger partial charge in [0.2, 0.25) is 0 Å². The quantitative estimate of drug-likeness (QED) is 0.866. The molecule has 1 aromatic heterocycles. The van der Waals surface area contributed by atoms with Crippen molar-refractivity contribution in [3.05, 3.63) is 36.5 Å². The summed E-state index contributed by atoms with van der Waals surface area (Å²) in [7, 11) is 0. The Balaban J connectivity index is 2.21. The van der Waals surface area contributed by atoms with Crippen LogP contribution in [0.2, 0.25) is 0 Å². The first-order valence-corrected chi connectivity index (χ1v) is 4.95. The van der Waals surface area contributed by atoms with E-state index in [1.54, 1.807) is 23.5 Å². The fraction of sp³-hybridized carbons (Fsp3) is 0.0909. The van der Waals surface area contributed by atoms with Crippen LogP contribution < -0.4 is 5.32 Å². The number of anilines is 1. The van der Waals surface area contributed by atoms with Crippen LogP contribution in [0.25, 0.3) is 11.3 Å². The molecule has 2 rings (SSSR count). The lowest BCUT2D eigenvalue weighted by molar-refractivity contribution is -0.167. The van der Waals surface area contributed by atoms with Crippen LogP contribution in [0.3, 0.4) is 0 Å². The molecule has 2 aromatic rings. The zero-order valence-electron chi connectivity index (χ0n) is 8.95. The van der Waals surface area contributed by atoms with Crippen LogP contribution in [0.4, 0.5) is 18.9 Å². The third kappa shape index (κ3) is 2.68. The minimum absolute atomic E-state index is 0.0735. The number of amides is 1. The van der Waals surface area contributed by atoms with Crippen molar-refractivity contribution in [3.8, 4) is 11.3 Å². The Morgan fingerprint density at radius 2 is 2.06 bits per heavy atom. The highest BCUT2D eigenvalue weighted by Crippen LogP contribution is 2.22. The number of hydrogen-bond acceptors (Lipinski definition) is 2. The number of aromatic nitrogens is 2. The summed E-state index contributed by atoms with van der Waals surface area (Å²) in [6.07, 6.45) is -3.37. The van der Waals surface area contributed by atoms with E-state index in [1.165, 1.54) is 18.3 Å². The molecular formula is C11H8F3N3O. The van der Waals surface area contributed by atoms with Crippen molar-refractivity contribution in [3.63, 3.8) is 0 Å². The van der Waals surface area contributed by atoms with Gasteiger partial charge >= 0.3 is 12.1 Å². The summed E-state index contributed by atoms with van der Waals surface area (Å²) in [5.74, 6) is -2.00. The van der Waals surface area contributed by atoms with E-state index in [0.717, 1.165) is 0 Å². The van der Waals surface area contributed by atoms with E-state index in [-0.39, 0.29) is 5.69 Å². The van der Waals surface area contributed by atoms with E-state index in [2.05, 4.69) is 10.2 Å². The zero-order valence-corrected chi connectivity index (χ0v) is 8.95. The second-order valence-electron chi connectivity index (χ2n) is 3.50. The van der Waals surface area contributed by atoms with Crippen molar-refractivity contribution >= 4 is 11.6 Å². The second kappa shape index (κ2) is 4.52. The highest BCUT2D eigenvalue weighted by molar-refractivity contribution is 5.95. The average Bonchev–Trinajstić information content (AvgIpc) is 2.81. The van der Waals surface area contributed by atoms with Gasteiger partial charge in [-0.25, -0.2) is 0 Å². The lowest BCUT2D eigenvalue weighted by Crippen LogP contribution is -2.29. The lowest BCUT2D eigenvalue weighted by atomic mass is 10.1. The minimum Gasteiger partial charge on any atom is -0.318 e. The summed E-state index contributed by atoms with van der Waals surface area (Å²) in [5, 5.41) is 8.20. The first-order chi connectivity index (χ1) is 8.47. The number of rotatable bonds is 2. The Bertz CT molecular complexity index is 549. The molecule has 18 heavy (non-hydrogen) atoms. The number of carbonyl (C=O) groups excluding carboxylic acids is 1. The molecule has 0 aliphatic rings. The van der Waals surface area contributed by atoms with Crippen LogP contribution in [0.5, 0.6) is 0 Å². The molecule has 0 aliphatic carbocycles. The van der Waals surface area contributed by atoms with Crippen molar-refractivity contribution in [2.75, 3.05) is 5.32 Å². The summed E-state index contributed by atoms with van der Waals surface area (Å²) in [5.41, 5.74) is 1.36. The molecule has 0 aliphatic heterocycles. The SMILES string of the molecule is O=C(Nc1cccc(-c2ccn[nH]2)c1)C(F)(F)F. The molecule has 0 spiro atoms. The molecule has 0 unspecified atom stereocenters. The molecule has 0 saturated carbocycles. The van der Waals surface area contributed by atoms with Crippen LogP contribution in [0.15, 0.2) is 36.5 Å². The third-order valence-electron chi connectivity index (χ3n) is 2.19. The molecule has 2 N–H and O–H groups in total. The monoisotopic (exact) mass is 255 g/mol. The van der Waals surface area contributed by atoms with Gasteiger partial charge in [0.1, 0.15) is 0 Å². The van der Waals surface area contributed by atoms with E-state index in [0.29, 0.717) is 11.3 Å². The molecule has 0 atom stereocenters. The van der Waals surface area contributed by atoms with Crippen molar-refractivity contribution in [1.29, 1.82) is 0 Å². The van der Waals surface area contributed by atoms with Crippen molar-refractivity contribution in [2.24, 2.45) is 0 Å². The molecule has 7 heteroatoms. The largest absolute Gasteiger partial charge is 0.471 e. The number of nitrogens with one attached hydrogen (secondary N) is 2. The number of halogens is 3. The van der Waals surface area contributed by atoms with Crippen LogP contribution in [0, 0.1) is 0 Å². The minimum atomic E-state index is -4.90. The molecule has 0 fully saturated rings. The van der Waals surface area contributed by atoms with Gasteiger partial charge in [0.05, 0.1) is 5.69 Å². The lowest BCUT2D eigenvalue weighted by Gasteiger charge is -2.08. The Labute approximate surface area is 99.8 Å². The zero-order chi connectivity index (χ0) is 13.2. The second-order valence-corrected chi connectivity index (χ2v) is 3.50. The normalized spacial score (nSPS) is 11.3. The number of alkyl halides is 3. The van der Waals surface area contributed by atoms with E-state index >= 15 is 0 Å². The molecule has 0 saturated heterocycles. The number of nitrogens with zero attached hydrogens (tertiary/aromatic N) is 1. The summed E-state index contributed by atoms with van der Waals surface area (Å²) in [4.78, 5) is 10.8. The molecule has 94 valence electrons. The van der Waals surface area contributed by atoms with Crippen molar-refractivity contribution < 1.29 is 18.0 Å². The van der Waals surface area contributed by atoms with Gasteiger partial charge in [-0.05, 0) is 18.2 Å². The number of hydrogen-bond donors (Lipinski definition) is 2. The summed E-state index contributed by atoms with van der Waals surface area (Å²) >= 11 is 0. The topological polar surface area (TPSA) is 57.8 Å². The predicted molar refractivity (Wildman–Crippen MR) is 58.7 cm³/mol. The van der Waals surface area contributed by atoms with Gasteiger partial charge in [-0.15, -0.1) is 0 Å². The van der Waals surface area contributed by atoms with Gasteiger partial charge < -0.3 is 5.32 Å².